The van der Waals surface area contributed by atoms with Crippen molar-refractivity contribution in [3.8, 4) is 5.75 Å². The molecule has 0 saturated heterocycles. The highest BCUT2D eigenvalue weighted by molar-refractivity contribution is 5.96. The van der Waals surface area contributed by atoms with E-state index < -0.39 is 5.91 Å². The summed E-state index contributed by atoms with van der Waals surface area (Å²) in [4.78, 5) is 24.3. The minimum atomic E-state index is -0.420. The van der Waals surface area contributed by atoms with Crippen molar-refractivity contribution in [2.75, 3.05) is 6.61 Å². The summed E-state index contributed by atoms with van der Waals surface area (Å²) in [5, 5.41) is 0. The zero-order valence-corrected chi connectivity index (χ0v) is 16.3. The number of hydrazine groups is 1. The molecule has 0 saturated carbocycles. The Morgan fingerprint density at radius 1 is 1.08 bits per heavy atom. The van der Waals surface area contributed by atoms with E-state index in [1.807, 2.05) is 52.0 Å². The van der Waals surface area contributed by atoms with Gasteiger partial charge in [0.2, 0.25) is 0 Å². The first-order chi connectivity index (χ1) is 12.2. The van der Waals surface area contributed by atoms with Crippen LogP contribution in [0.3, 0.4) is 0 Å². The number of hydrogen-bond donors (Lipinski definition) is 2. The number of aromatic nitrogens is 1. The van der Waals surface area contributed by atoms with Gasteiger partial charge in [-0.25, -0.2) is 0 Å². The Morgan fingerprint density at radius 2 is 1.77 bits per heavy atom. The molecule has 0 radical (unpaired) electrons. The standard InChI is InChI=1S/C20H27N3O3/c1-12(2)23-15(5)10-17(16(23)6)20(25)22-21-19(24)11-26-18-9-13(3)7-8-14(18)4/h7-10,12H,11H2,1-6H3,(H,21,24)(H,22,25). The maximum absolute atomic E-state index is 12.4. The first-order valence-corrected chi connectivity index (χ1v) is 8.68. The van der Waals surface area contributed by atoms with E-state index in [9.17, 15) is 9.59 Å². The highest BCUT2D eigenvalue weighted by Crippen LogP contribution is 2.20. The summed E-state index contributed by atoms with van der Waals surface area (Å²) in [5.41, 5.74) is 9.28. The molecular weight excluding hydrogens is 330 g/mol. The summed E-state index contributed by atoms with van der Waals surface area (Å²) >= 11 is 0. The molecule has 26 heavy (non-hydrogen) atoms. The highest BCUT2D eigenvalue weighted by Gasteiger charge is 2.17. The number of benzene rings is 1. The van der Waals surface area contributed by atoms with Crippen molar-refractivity contribution in [1.82, 2.24) is 15.4 Å². The van der Waals surface area contributed by atoms with Crippen LogP contribution in [-0.4, -0.2) is 23.0 Å². The minimum Gasteiger partial charge on any atom is -0.483 e. The first-order valence-electron chi connectivity index (χ1n) is 8.68. The van der Waals surface area contributed by atoms with Gasteiger partial charge in [0.05, 0.1) is 5.56 Å². The van der Waals surface area contributed by atoms with E-state index in [0.29, 0.717) is 11.3 Å². The lowest BCUT2D eigenvalue weighted by Gasteiger charge is -2.14. The van der Waals surface area contributed by atoms with Crippen LogP contribution in [0.25, 0.3) is 0 Å². The number of aryl methyl sites for hydroxylation is 3. The molecule has 2 amide bonds. The smallest absolute Gasteiger partial charge is 0.276 e. The highest BCUT2D eigenvalue weighted by atomic mass is 16.5. The van der Waals surface area contributed by atoms with Crippen LogP contribution in [-0.2, 0) is 4.79 Å². The lowest BCUT2D eigenvalue weighted by molar-refractivity contribution is -0.123. The van der Waals surface area contributed by atoms with Gasteiger partial charge in [-0.3, -0.25) is 20.4 Å². The Hall–Kier alpha value is -2.76. The van der Waals surface area contributed by atoms with Gasteiger partial charge in [-0.1, -0.05) is 12.1 Å². The Labute approximate surface area is 154 Å². The van der Waals surface area contributed by atoms with E-state index >= 15 is 0 Å². The quantitative estimate of drug-likeness (QED) is 0.808. The third kappa shape index (κ3) is 4.45. The van der Waals surface area contributed by atoms with E-state index in [0.717, 1.165) is 22.5 Å². The molecule has 0 aliphatic carbocycles. The number of nitrogens with zero attached hydrogens (tertiary/aromatic N) is 1. The second kappa shape index (κ2) is 8.08. The molecule has 2 rings (SSSR count). The van der Waals surface area contributed by atoms with E-state index in [-0.39, 0.29) is 18.6 Å². The van der Waals surface area contributed by atoms with E-state index in [1.165, 1.54) is 0 Å². The van der Waals surface area contributed by atoms with Crippen molar-refractivity contribution >= 4 is 11.8 Å². The molecule has 0 spiro atoms. The van der Waals surface area contributed by atoms with Crippen molar-refractivity contribution in [1.29, 1.82) is 0 Å². The zero-order chi connectivity index (χ0) is 19.4. The summed E-state index contributed by atoms with van der Waals surface area (Å²) in [7, 11) is 0. The SMILES string of the molecule is Cc1ccc(C)c(OCC(=O)NNC(=O)c2cc(C)n(C(C)C)c2C)c1. The third-order valence-corrected chi connectivity index (χ3v) is 4.26. The molecule has 140 valence electrons. The van der Waals surface area contributed by atoms with Crippen LogP contribution in [0.4, 0.5) is 0 Å². The summed E-state index contributed by atoms with van der Waals surface area (Å²) in [6, 6.07) is 7.88. The Kier molecular flexibility index (Phi) is 6.08. The van der Waals surface area contributed by atoms with Crippen LogP contribution in [0, 0.1) is 27.7 Å². The number of hydrogen-bond acceptors (Lipinski definition) is 3. The number of amides is 2. The van der Waals surface area contributed by atoms with Crippen LogP contribution >= 0.6 is 0 Å². The van der Waals surface area contributed by atoms with Crippen LogP contribution in [0.2, 0.25) is 0 Å². The molecule has 0 aliphatic heterocycles. The van der Waals surface area contributed by atoms with Gasteiger partial charge in [-0.15, -0.1) is 0 Å². The number of nitrogens with one attached hydrogen (secondary N) is 2. The summed E-state index contributed by atoms with van der Waals surface area (Å²) in [6.07, 6.45) is 0. The molecule has 6 heteroatoms. The van der Waals surface area contributed by atoms with Gasteiger partial charge in [0.1, 0.15) is 5.75 Å². The number of carbonyl (C=O) groups excluding carboxylic acids is 2. The maximum Gasteiger partial charge on any atom is 0.276 e. The van der Waals surface area contributed by atoms with Crippen molar-refractivity contribution in [2.45, 2.75) is 47.6 Å². The topological polar surface area (TPSA) is 72.4 Å². The number of ether oxygens (including phenoxy) is 1. The van der Waals surface area contributed by atoms with Crippen molar-refractivity contribution < 1.29 is 14.3 Å². The normalized spacial score (nSPS) is 10.7. The van der Waals surface area contributed by atoms with Gasteiger partial charge in [-0.2, -0.15) is 0 Å². The first kappa shape index (κ1) is 19.6. The summed E-state index contributed by atoms with van der Waals surface area (Å²) in [6.45, 7) is 11.7. The Morgan fingerprint density at radius 3 is 2.38 bits per heavy atom. The van der Waals surface area contributed by atoms with Crippen molar-refractivity contribution in [3.05, 3.63) is 52.3 Å². The monoisotopic (exact) mass is 357 g/mol. The van der Waals surface area contributed by atoms with Gasteiger partial charge < -0.3 is 9.30 Å². The lowest BCUT2D eigenvalue weighted by Crippen LogP contribution is -2.44. The van der Waals surface area contributed by atoms with Gasteiger partial charge in [-0.05, 0) is 64.8 Å². The zero-order valence-electron chi connectivity index (χ0n) is 16.3. The minimum absolute atomic E-state index is 0.171. The third-order valence-electron chi connectivity index (χ3n) is 4.26. The molecule has 2 aromatic rings. The average Bonchev–Trinajstić information content (AvgIpc) is 2.88. The van der Waals surface area contributed by atoms with Gasteiger partial charge in [0.25, 0.3) is 11.8 Å². The second-order valence-corrected chi connectivity index (χ2v) is 6.81. The Balaban J connectivity index is 1.92. The fourth-order valence-corrected chi connectivity index (χ4v) is 3.04. The number of carbonyl (C=O) groups is 2. The fourth-order valence-electron chi connectivity index (χ4n) is 3.04. The van der Waals surface area contributed by atoms with E-state index in [4.69, 9.17) is 4.74 Å². The average molecular weight is 357 g/mol. The molecular formula is C20H27N3O3. The Bertz CT molecular complexity index is 822. The molecule has 1 aromatic heterocycles. The molecule has 1 heterocycles. The molecule has 0 fully saturated rings. The summed E-state index contributed by atoms with van der Waals surface area (Å²) < 4.78 is 7.61. The summed E-state index contributed by atoms with van der Waals surface area (Å²) in [5.74, 6) is -0.103. The van der Waals surface area contributed by atoms with Crippen LogP contribution in [0.15, 0.2) is 24.3 Å². The largest absolute Gasteiger partial charge is 0.483 e. The van der Waals surface area contributed by atoms with E-state index in [2.05, 4.69) is 29.3 Å². The molecule has 0 atom stereocenters. The van der Waals surface area contributed by atoms with Crippen molar-refractivity contribution in [3.63, 3.8) is 0 Å². The van der Waals surface area contributed by atoms with Gasteiger partial charge >= 0.3 is 0 Å². The van der Waals surface area contributed by atoms with Crippen LogP contribution in [0.1, 0.15) is 52.8 Å². The molecule has 1 aromatic carbocycles. The van der Waals surface area contributed by atoms with Gasteiger partial charge in [0, 0.05) is 17.4 Å². The molecule has 6 nitrogen and oxygen atoms in total. The molecule has 0 aliphatic rings. The van der Waals surface area contributed by atoms with Gasteiger partial charge in [0.15, 0.2) is 6.61 Å². The fraction of sp³-hybridized carbons (Fsp3) is 0.400. The molecule has 0 unspecified atom stereocenters. The lowest BCUT2D eigenvalue weighted by atomic mass is 10.1. The predicted octanol–water partition coefficient (Wildman–Crippen LogP) is 3.14. The number of rotatable bonds is 5. The van der Waals surface area contributed by atoms with Crippen LogP contribution in [0.5, 0.6) is 5.75 Å². The molecule has 0 bridgehead atoms. The maximum atomic E-state index is 12.4. The van der Waals surface area contributed by atoms with Crippen LogP contribution < -0.4 is 15.6 Å². The second-order valence-electron chi connectivity index (χ2n) is 6.81. The van der Waals surface area contributed by atoms with Crippen molar-refractivity contribution in [2.24, 2.45) is 0 Å². The van der Waals surface area contributed by atoms with E-state index in [1.54, 1.807) is 0 Å². The predicted molar refractivity (Wildman–Crippen MR) is 101 cm³/mol. The molecule has 2 N–H and O–H groups in total.